The second kappa shape index (κ2) is 15.6. The van der Waals surface area contributed by atoms with E-state index in [4.69, 9.17) is 23.2 Å². The van der Waals surface area contributed by atoms with Crippen LogP contribution < -0.4 is 9.62 Å². The maximum absolute atomic E-state index is 14.6. The number of sulfonamides is 1. The van der Waals surface area contributed by atoms with Gasteiger partial charge in [-0.1, -0.05) is 90.8 Å². The fourth-order valence-electron chi connectivity index (χ4n) is 5.17. The van der Waals surface area contributed by atoms with Gasteiger partial charge in [0.1, 0.15) is 12.6 Å². The molecule has 1 N–H and O–H groups in total. The summed E-state index contributed by atoms with van der Waals surface area (Å²) in [5.41, 5.74) is 3.45. The summed E-state index contributed by atoms with van der Waals surface area (Å²) in [5, 5.41) is 3.79. The number of nitrogens with zero attached hydrogens (tertiary/aromatic N) is 2. The van der Waals surface area contributed by atoms with Crippen LogP contribution in [0, 0.1) is 13.8 Å². The number of rotatable bonds is 13. The van der Waals surface area contributed by atoms with E-state index < -0.39 is 28.5 Å². The van der Waals surface area contributed by atoms with Gasteiger partial charge in [-0.05, 0) is 85.8 Å². The number of amides is 2. The maximum Gasteiger partial charge on any atom is 0.264 e. The highest BCUT2D eigenvalue weighted by Gasteiger charge is 2.35. The smallest absolute Gasteiger partial charge is 0.264 e. The van der Waals surface area contributed by atoms with E-state index in [1.807, 2.05) is 64.1 Å². The molecule has 0 saturated heterocycles. The van der Waals surface area contributed by atoms with Gasteiger partial charge in [-0.15, -0.1) is 0 Å². The van der Waals surface area contributed by atoms with Crippen molar-refractivity contribution in [3.05, 3.63) is 129 Å². The van der Waals surface area contributed by atoms with Gasteiger partial charge in [0.25, 0.3) is 10.0 Å². The first-order valence-corrected chi connectivity index (χ1v) is 17.3. The number of anilines is 1. The van der Waals surface area contributed by atoms with Crippen LogP contribution in [0.5, 0.6) is 0 Å². The Morgan fingerprint density at radius 1 is 0.848 bits per heavy atom. The lowest BCUT2D eigenvalue weighted by Crippen LogP contribution is -2.54. The molecule has 0 spiro atoms. The van der Waals surface area contributed by atoms with Crippen molar-refractivity contribution >= 4 is 50.7 Å². The summed E-state index contributed by atoms with van der Waals surface area (Å²) in [6, 6.07) is 26.6. The maximum atomic E-state index is 14.6. The van der Waals surface area contributed by atoms with Crippen LogP contribution in [0.15, 0.2) is 102 Å². The van der Waals surface area contributed by atoms with Crippen molar-refractivity contribution in [2.45, 2.75) is 64.1 Å². The second-order valence-corrected chi connectivity index (χ2v) is 14.2. The highest BCUT2D eigenvalue weighted by molar-refractivity contribution is 7.92. The van der Waals surface area contributed by atoms with E-state index >= 15 is 0 Å². The average molecular weight is 681 g/mol. The molecule has 0 bridgehead atoms. The third-order valence-electron chi connectivity index (χ3n) is 7.73. The van der Waals surface area contributed by atoms with Gasteiger partial charge >= 0.3 is 0 Å². The van der Waals surface area contributed by atoms with Crippen molar-refractivity contribution in [3.63, 3.8) is 0 Å². The summed E-state index contributed by atoms with van der Waals surface area (Å²) >= 11 is 12.8. The number of carbonyl (C=O) groups excluding carboxylic acids is 2. The number of aryl methyl sites for hydroxylation is 2. The predicted octanol–water partition coefficient (Wildman–Crippen LogP) is 7.36. The van der Waals surface area contributed by atoms with Crippen LogP contribution in [0.3, 0.4) is 0 Å². The van der Waals surface area contributed by atoms with Gasteiger partial charge in [-0.25, -0.2) is 8.42 Å². The summed E-state index contributed by atoms with van der Waals surface area (Å²) in [7, 11) is -4.19. The van der Waals surface area contributed by atoms with E-state index in [0.717, 1.165) is 21.0 Å². The molecule has 4 rings (SSSR count). The molecular formula is C36H39Cl2N3O4S. The molecule has 0 saturated carbocycles. The molecule has 0 aliphatic heterocycles. The third-order valence-corrected chi connectivity index (χ3v) is 10.1. The minimum absolute atomic E-state index is 0.0459. The zero-order chi connectivity index (χ0) is 33.4. The Balaban J connectivity index is 1.85. The Bertz CT molecular complexity index is 1750. The molecule has 0 heterocycles. The van der Waals surface area contributed by atoms with Crippen LogP contribution >= 0.6 is 23.2 Å². The average Bonchev–Trinajstić information content (AvgIpc) is 3.02. The Labute approximate surface area is 282 Å². The van der Waals surface area contributed by atoms with Gasteiger partial charge in [0.2, 0.25) is 11.8 Å². The zero-order valence-electron chi connectivity index (χ0n) is 26.4. The Kier molecular flexibility index (Phi) is 11.9. The summed E-state index contributed by atoms with van der Waals surface area (Å²) < 4.78 is 29.5. The molecule has 7 nitrogen and oxygen atoms in total. The Morgan fingerprint density at radius 3 is 2.04 bits per heavy atom. The van der Waals surface area contributed by atoms with Gasteiger partial charge in [0.05, 0.1) is 10.6 Å². The van der Waals surface area contributed by atoms with Crippen LogP contribution in [-0.4, -0.2) is 43.8 Å². The molecule has 0 aliphatic carbocycles. The van der Waals surface area contributed by atoms with Gasteiger partial charge in [-0.2, -0.15) is 0 Å². The predicted molar refractivity (Wildman–Crippen MR) is 186 cm³/mol. The van der Waals surface area contributed by atoms with Gasteiger partial charge in [0.15, 0.2) is 0 Å². The highest BCUT2D eigenvalue weighted by Crippen LogP contribution is 2.28. The SMILES string of the molecule is CC[C@@H](C)NC(=O)[C@@H](Cc1ccccc1)N(Cc1ccc(Cl)cc1Cl)C(=O)CN(c1cc(C)cc(C)c1)S(=O)(=O)c1ccccc1. The van der Waals surface area contributed by atoms with Crippen molar-refractivity contribution in [2.75, 3.05) is 10.8 Å². The fraction of sp³-hybridized carbons (Fsp3) is 0.278. The summed E-state index contributed by atoms with van der Waals surface area (Å²) in [4.78, 5) is 30.1. The van der Waals surface area contributed by atoms with Crippen molar-refractivity contribution in [1.82, 2.24) is 10.2 Å². The molecule has 242 valence electrons. The first-order valence-electron chi connectivity index (χ1n) is 15.1. The normalized spacial score (nSPS) is 12.7. The zero-order valence-corrected chi connectivity index (χ0v) is 28.7. The number of hydrogen-bond donors (Lipinski definition) is 1. The molecule has 4 aromatic rings. The van der Waals surface area contributed by atoms with Crippen LogP contribution in [0.4, 0.5) is 5.69 Å². The second-order valence-electron chi connectivity index (χ2n) is 11.5. The minimum atomic E-state index is -4.19. The molecular weight excluding hydrogens is 641 g/mol. The van der Waals surface area contributed by atoms with Crippen molar-refractivity contribution in [2.24, 2.45) is 0 Å². The highest BCUT2D eigenvalue weighted by atomic mass is 35.5. The van der Waals surface area contributed by atoms with Crippen molar-refractivity contribution in [3.8, 4) is 0 Å². The Morgan fingerprint density at radius 2 is 1.46 bits per heavy atom. The van der Waals surface area contributed by atoms with E-state index in [1.54, 1.807) is 48.5 Å². The van der Waals surface area contributed by atoms with E-state index in [-0.39, 0.29) is 29.8 Å². The van der Waals surface area contributed by atoms with Crippen LogP contribution in [0.25, 0.3) is 0 Å². The summed E-state index contributed by atoms with van der Waals surface area (Å²) in [6.45, 7) is 7.00. The molecule has 0 aliphatic rings. The van der Waals surface area contributed by atoms with Crippen molar-refractivity contribution in [1.29, 1.82) is 0 Å². The summed E-state index contributed by atoms with van der Waals surface area (Å²) in [5.74, 6) is -0.912. The largest absolute Gasteiger partial charge is 0.352 e. The molecule has 0 fully saturated rings. The number of halogens is 2. The number of benzene rings is 4. The molecule has 10 heteroatoms. The van der Waals surface area contributed by atoms with Crippen LogP contribution in [-0.2, 0) is 32.6 Å². The first-order chi connectivity index (χ1) is 21.9. The van der Waals surface area contributed by atoms with E-state index in [1.165, 1.54) is 17.0 Å². The molecule has 46 heavy (non-hydrogen) atoms. The number of carbonyl (C=O) groups is 2. The summed E-state index contributed by atoms with van der Waals surface area (Å²) in [6.07, 6.45) is 0.894. The standard InChI is InChI=1S/C36H39Cl2N3O4S/c1-5-27(4)39-36(43)34(21-28-12-8-6-9-13-28)40(23-29-16-17-30(37)22-33(29)38)35(42)24-41(31-19-25(2)18-26(3)20-31)46(44,45)32-14-10-7-11-15-32/h6-20,22,27,34H,5,21,23-24H2,1-4H3,(H,39,43)/t27-,34-/m1/s1. The van der Waals surface area contributed by atoms with E-state index in [9.17, 15) is 18.0 Å². The Hall–Kier alpha value is -3.85. The lowest BCUT2D eigenvalue weighted by molar-refractivity contribution is -0.140. The van der Waals surface area contributed by atoms with Gasteiger partial charge < -0.3 is 10.2 Å². The molecule has 0 radical (unpaired) electrons. The monoisotopic (exact) mass is 679 g/mol. The minimum Gasteiger partial charge on any atom is -0.352 e. The molecule has 0 aromatic heterocycles. The quantitative estimate of drug-likeness (QED) is 0.160. The van der Waals surface area contributed by atoms with Crippen molar-refractivity contribution < 1.29 is 18.0 Å². The third kappa shape index (κ3) is 8.90. The molecule has 4 aromatic carbocycles. The van der Waals surface area contributed by atoms with Crippen LogP contribution in [0.2, 0.25) is 10.0 Å². The number of hydrogen-bond acceptors (Lipinski definition) is 4. The van der Waals surface area contributed by atoms with Crippen LogP contribution in [0.1, 0.15) is 42.5 Å². The van der Waals surface area contributed by atoms with E-state index in [0.29, 0.717) is 27.7 Å². The first kappa shape index (κ1) is 35.0. The molecule has 2 amide bonds. The lowest BCUT2D eigenvalue weighted by Gasteiger charge is -2.34. The van der Waals surface area contributed by atoms with E-state index in [2.05, 4.69) is 5.32 Å². The topological polar surface area (TPSA) is 86.8 Å². The van der Waals surface area contributed by atoms with Gasteiger partial charge in [0, 0.05) is 29.1 Å². The number of nitrogens with one attached hydrogen (secondary N) is 1. The fourth-order valence-corrected chi connectivity index (χ4v) is 7.06. The lowest BCUT2D eigenvalue weighted by atomic mass is 10.0. The molecule has 0 unspecified atom stereocenters. The molecule has 2 atom stereocenters. The van der Waals surface area contributed by atoms with Gasteiger partial charge in [-0.3, -0.25) is 13.9 Å².